The summed E-state index contributed by atoms with van der Waals surface area (Å²) in [7, 11) is 2.89. The molecule has 0 bridgehead atoms. The molecule has 1 aliphatic rings. The highest BCUT2D eigenvalue weighted by atomic mass is 32.2. The maximum atomic E-state index is 12.3. The predicted molar refractivity (Wildman–Crippen MR) is 109 cm³/mol. The van der Waals surface area contributed by atoms with E-state index < -0.39 is 5.97 Å². The Morgan fingerprint density at radius 3 is 2.44 bits per heavy atom. The average molecular weight is 381 g/mol. The molecule has 0 radical (unpaired) electrons. The van der Waals surface area contributed by atoms with Gasteiger partial charge in [-0.15, -0.1) is 11.8 Å². The van der Waals surface area contributed by atoms with E-state index in [4.69, 9.17) is 9.47 Å². The molecule has 5 nitrogen and oxygen atoms in total. The van der Waals surface area contributed by atoms with Crippen molar-refractivity contribution in [3.63, 3.8) is 0 Å². The van der Waals surface area contributed by atoms with Gasteiger partial charge in [-0.3, -0.25) is 0 Å². The van der Waals surface area contributed by atoms with Crippen LogP contribution in [0.5, 0.6) is 5.75 Å². The lowest BCUT2D eigenvalue weighted by molar-refractivity contribution is -0.135. The normalized spacial score (nSPS) is 17.3. The molecular weight excluding hydrogens is 362 g/mol. The van der Waals surface area contributed by atoms with Gasteiger partial charge < -0.3 is 14.6 Å². The molecule has 0 aromatic heterocycles. The Labute approximate surface area is 162 Å². The number of aliphatic hydroxyl groups excluding tert-OH is 1. The highest BCUT2D eigenvalue weighted by Crippen LogP contribution is 2.33. The van der Waals surface area contributed by atoms with Crippen LogP contribution in [0, 0.1) is 0 Å². The number of aliphatic hydroxyl groups is 1. The van der Waals surface area contributed by atoms with Crippen LogP contribution in [0.3, 0.4) is 0 Å². The first-order valence-electron chi connectivity index (χ1n) is 8.26. The topological polar surface area (TPSA) is 68.1 Å². The fourth-order valence-electron chi connectivity index (χ4n) is 2.55. The zero-order chi connectivity index (χ0) is 19.2. The van der Waals surface area contributed by atoms with Gasteiger partial charge in [-0.1, -0.05) is 30.3 Å². The second-order valence-corrected chi connectivity index (χ2v) is 6.66. The van der Waals surface area contributed by atoms with Crippen molar-refractivity contribution in [2.24, 2.45) is 4.99 Å². The Balaban J connectivity index is 2.01. The van der Waals surface area contributed by atoms with E-state index in [-0.39, 0.29) is 11.3 Å². The molecular formula is C21H19NO4S. The number of nitrogens with zero attached hydrogens (tertiary/aromatic N) is 1. The van der Waals surface area contributed by atoms with E-state index in [1.54, 1.807) is 7.11 Å². The number of para-hydroxylation sites is 1. The van der Waals surface area contributed by atoms with E-state index >= 15 is 0 Å². The molecule has 0 saturated carbocycles. The predicted octanol–water partition coefficient (Wildman–Crippen LogP) is 4.54. The van der Waals surface area contributed by atoms with E-state index in [0.717, 1.165) is 11.3 Å². The lowest BCUT2D eigenvalue weighted by Gasteiger charge is -2.19. The maximum Gasteiger partial charge on any atom is 0.344 e. The highest BCUT2D eigenvalue weighted by molar-refractivity contribution is 8.14. The fourth-order valence-corrected chi connectivity index (χ4v) is 3.56. The number of ether oxygens (including phenoxy) is 2. The van der Waals surface area contributed by atoms with Gasteiger partial charge in [-0.05, 0) is 35.9 Å². The number of carbonyl (C=O) groups is 1. The Kier molecular flexibility index (Phi) is 5.98. The number of aliphatic imine (C=N–C) groups is 1. The van der Waals surface area contributed by atoms with Crippen LogP contribution in [0.4, 0.5) is 5.69 Å². The summed E-state index contributed by atoms with van der Waals surface area (Å²) in [5, 5.41) is 11.2. The summed E-state index contributed by atoms with van der Waals surface area (Å²) in [6, 6.07) is 16.7. The van der Waals surface area contributed by atoms with Gasteiger partial charge in [-0.2, -0.15) is 0 Å². The molecule has 0 saturated heterocycles. The summed E-state index contributed by atoms with van der Waals surface area (Å²) in [5.74, 6) is 0.521. The third-order valence-corrected chi connectivity index (χ3v) is 4.98. The Hall–Kier alpha value is -2.99. The number of thioether (sulfide) groups is 1. The molecule has 1 aliphatic heterocycles. The number of carbonyl (C=O) groups excluding carboxylic acids is 1. The van der Waals surface area contributed by atoms with E-state index in [1.807, 2.05) is 60.7 Å². The van der Waals surface area contributed by atoms with E-state index in [9.17, 15) is 9.90 Å². The number of hydrogen-bond donors (Lipinski definition) is 1. The summed E-state index contributed by atoms with van der Waals surface area (Å²) in [4.78, 5) is 16.8. The van der Waals surface area contributed by atoms with Crippen molar-refractivity contribution < 1.29 is 19.4 Å². The van der Waals surface area contributed by atoms with Crippen molar-refractivity contribution >= 4 is 34.5 Å². The van der Waals surface area contributed by atoms with Crippen molar-refractivity contribution in [3.05, 3.63) is 77.1 Å². The van der Waals surface area contributed by atoms with Gasteiger partial charge in [0.2, 0.25) is 0 Å². The van der Waals surface area contributed by atoms with E-state index in [2.05, 4.69) is 4.99 Å². The Morgan fingerprint density at radius 1 is 1.11 bits per heavy atom. The molecule has 2 aromatic carbocycles. The molecule has 1 N–H and O–H groups in total. The molecule has 0 unspecified atom stereocenters. The van der Waals surface area contributed by atoms with Crippen LogP contribution in [-0.2, 0) is 9.53 Å². The summed E-state index contributed by atoms with van der Waals surface area (Å²) in [6.07, 6.45) is 1.84. The molecule has 2 aromatic rings. The minimum Gasteiger partial charge on any atom is -0.507 e. The van der Waals surface area contributed by atoms with Gasteiger partial charge in [-0.25, -0.2) is 9.79 Å². The van der Waals surface area contributed by atoms with Gasteiger partial charge in [0.05, 0.1) is 19.9 Å². The molecule has 6 heteroatoms. The van der Waals surface area contributed by atoms with E-state index in [0.29, 0.717) is 22.1 Å². The van der Waals surface area contributed by atoms with Gasteiger partial charge in [0, 0.05) is 11.3 Å². The van der Waals surface area contributed by atoms with Crippen LogP contribution < -0.4 is 4.74 Å². The molecule has 3 rings (SSSR count). The van der Waals surface area contributed by atoms with Gasteiger partial charge in [0.1, 0.15) is 22.1 Å². The Morgan fingerprint density at radius 2 is 1.81 bits per heavy atom. The number of allylic oxidation sites excluding steroid dienone is 1. The summed E-state index contributed by atoms with van der Waals surface area (Å²) < 4.78 is 10.0. The summed E-state index contributed by atoms with van der Waals surface area (Å²) >= 11 is 1.39. The summed E-state index contributed by atoms with van der Waals surface area (Å²) in [5.41, 5.74) is 2.32. The average Bonchev–Trinajstić information content (AvgIpc) is 2.71. The van der Waals surface area contributed by atoms with Gasteiger partial charge >= 0.3 is 5.97 Å². The molecule has 138 valence electrons. The molecule has 1 heterocycles. The van der Waals surface area contributed by atoms with Crippen LogP contribution in [0.25, 0.3) is 6.08 Å². The third-order valence-electron chi connectivity index (χ3n) is 3.95. The highest BCUT2D eigenvalue weighted by Gasteiger charge is 2.29. The van der Waals surface area contributed by atoms with Crippen molar-refractivity contribution in [2.75, 3.05) is 20.0 Å². The van der Waals surface area contributed by atoms with Crippen LogP contribution >= 0.6 is 11.8 Å². The van der Waals surface area contributed by atoms with Crippen molar-refractivity contribution in [3.8, 4) is 5.75 Å². The molecule has 0 amide bonds. The number of methoxy groups -OCH3 is 2. The number of rotatable bonds is 4. The number of esters is 1. The van der Waals surface area contributed by atoms with Crippen LogP contribution in [0.1, 0.15) is 5.56 Å². The molecule has 0 spiro atoms. The number of benzene rings is 2. The van der Waals surface area contributed by atoms with Crippen molar-refractivity contribution in [1.29, 1.82) is 0 Å². The molecule has 27 heavy (non-hydrogen) atoms. The second-order valence-electron chi connectivity index (χ2n) is 5.70. The van der Waals surface area contributed by atoms with Crippen LogP contribution in [0.15, 0.2) is 76.5 Å². The summed E-state index contributed by atoms with van der Waals surface area (Å²) in [6.45, 7) is 0. The largest absolute Gasteiger partial charge is 0.507 e. The zero-order valence-electron chi connectivity index (χ0n) is 15.0. The SMILES string of the molecule is COC(=O)C1=C(O)C(=Cc2ccc(OC)cc2)CSC1=Nc1ccccc1. The minimum absolute atomic E-state index is 0.0809. The molecule has 0 fully saturated rings. The Bertz CT molecular complexity index is 915. The van der Waals surface area contributed by atoms with Crippen LogP contribution in [-0.4, -0.2) is 36.1 Å². The first-order valence-corrected chi connectivity index (χ1v) is 9.24. The lowest BCUT2D eigenvalue weighted by atomic mass is 10.1. The molecule has 0 aliphatic carbocycles. The van der Waals surface area contributed by atoms with Gasteiger partial charge in [0.15, 0.2) is 0 Å². The number of hydrogen-bond acceptors (Lipinski definition) is 6. The minimum atomic E-state index is -0.616. The van der Waals surface area contributed by atoms with E-state index in [1.165, 1.54) is 18.9 Å². The zero-order valence-corrected chi connectivity index (χ0v) is 15.8. The maximum absolute atomic E-state index is 12.3. The van der Waals surface area contributed by atoms with Crippen molar-refractivity contribution in [2.45, 2.75) is 0 Å². The monoisotopic (exact) mass is 381 g/mol. The van der Waals surface area contributed by atoms with Crippen molar-refractivity contribution in [1.82, 2.24) is 0 Å². The third kappa shape index (κ3) is 4.41. The van der Waals surface area contributed by atoms with Crippen LogP contribution in [0.2, 0.25) is 0 Å². The standard InChI is InChI=1S/C21H19NO4S/c1-25-17-10-8-14(9-11-17)12-15-13-27-20(18(19(15)23)21(24)26-2)22-16-6-4-3-5-7-16/h3-12,23H,13H2,1-2H3. The quantitative estimate of drug-likeness (QED) is 0.788. The first-order chi connectivity index (χ1) is 13.1. The fraction of sp³-hybridized carbons (Fsp3) is 0.143. The first kappa shape index (κ1) is 18.8. The second kappa shape index (κ2) is 8.60. The lowest BCUT2D eigenvalue weighted by Crippen LogP contribution is -2.20. The smallest absolute Gasteiger partial charge is 0.344 e. The molecule has 0 atom stereocenters. The van der Waals surface area contributed by atoms with Gasteiger partial charge in [0.25, 0.3) is 0 Å².